The molecule has 0 spiro atoms. The lowest BCUT2D eigenvalue weighted by Gasteiger charge is -2.22. The van der Waals surface area contributed by atoms with E-state index in [1.807, 2.05) is 31.2 Å². The number of ether oxygens (including phenoxy) is 2. The summed E-state index contributed by atoms with van der Waals surface area (Å²) in [6.45, 7) is 3.79. The van der Waals surface area contributed by atoms with Gasteiger partial charge in [-0.05, 0) is 38.1 Å². The Bertz CT molecular complexity index is 736. The van der Waals surface area contributed by atoms with Gasteiger partial charge in [0, 0.05) is 16.6 Å². The fourth-order valence-electron chi connectivity index (χ4n) is 2.58. The van der Waals surface area contributed by atoms with E-state index in [4.69, 9.17) is 21.1 Å². The van der Waals surface area contributed by atoms with E-state index in [0.717, 1.165) is 11.3 Å². The summed E-state index contributed by atoms with van der Waals surface area (Å²) >= 11 is 6.00. The minimum absolute atomic E-state index is 0.0573. The lowest BCUT2D eigenvalue weighted by molar-refractivity contribution is -0.118. The van der Waals surface area contributed by atoms with Crippen molar-refractivity contribution >= 4 is 23.2 Å². The number of nitrogens with one attached hydrogen (secondary N) is 2. The van der Waals surface area contributed by atoms with Crippen molar-refractivity contribution in [1.29, 1.82) is 0 Å². The molecule has 25 heavy (non-hydrogen) atoms. The van der Waals surface area contributed by atoms with Crippen molar-refractivity contribution in [2.45, 2.75) is 25.9 Å². The molecule has 2 atom stereocenters. The highest BCUT2D eigenvalue weighted by molar-refractivity contribution is 6.31. The third kappa shape index (κ3) is 4.87. The average Bonchev–Trinajstić information content (AvgIpc) is 2.61. The Morgan fingerprint density at radius 1 is 1.04 bits per heavy atom. The van der Waals surface area contributed by atoms with Crippen molar-refractivity contribution < 1.29 is 14.3 Å². The Hall–Kier alpha value is -2.24. The van der Waals surface area contributed by atoms with Gasteiger partial charge in [0.2, 0.25) is 5.91 Å². The Labute approximate surface area is 153 Å². The predicted octanol–water partition coefficient (Wildman–Crippen LogP) is 4.04. The smallest absolute Gasteiger partial charge is 0.241 e. The van der Waals surface area contributed by atoms with Gasteiger partial charge in [-0.1, -0.05) is 29.8 Å². The van der Waals surface area contributed by atoms with Crippen LogP contribution in [0.2, 0.25) is 5.02 Å². The molecular formula is C19H23ClN2O3. The SMILES string of the molecule is COc1ccc(Cl)cc1NC(=O)[C@@H](C)N[C@H](C)c1ccccc1OC. The standard InChI is InChI=1S/C19H23ClN2O3/c1-12(15-7-5-6-8-17(15)24-3)21-13(2)19(23)22-16-11-14(20)9-10-18(16)25-4/h5-13,21H,1-4H3,(H,22,23)/t12-,13-/m1/s1. The van der Waals surface area contributed by atoms with Crippen molar-refractivity contribution in [1.82, 2.24) is 5.32 Å². The molecule has 0 bridgehead atoms. The number of carbonyl (C=O) groups excluding carboxylic acids is 1. The summed E-state index contributed by atoms with van der Waals surface area (Å²) in [5, 5.41) is 6.65. The van der Waals surface area contributed by atoms with Crippen molar-refractivity contribution in [3.63, 3.8) is 0 Å². The summed E-state index contributed by atoms with van der Waals surface area (Å²) in [5.41, 5.74) is 1.53. The summed E-state index contributed by atoms with van der Waals surface area (Å²) in [5.74, 6) is 1.16. The van der Waals surface area contributed by atoms with Crippen LogP contribution in [0.4, 0.5) is 5.69 Å². The maximum absolute atomic E-state index is 12.5. The third-order valence-corrected chi connectivity index (χ3v) is 4.15. The monoisotopic (exact) mass is 362 g/mol. The van der Waals surface area contributed by atoms with Gasteiger partial charge in [0.05, 0.1) is 25.9 Å². The summed E-state index contributed by atoms with van der Waals surface area (Å²) in [6, 6.07) is 12.3. The number of benzene rings is 2. The van der Waals surface area contributed by atoms with Crippen LogP contribution in [0, 0.1) is 0 Å². The quantitative estimate of drug-likeness (QED) is 0.780. The van der Waals surface area contributed by atoms with Gasteiger partial charge in [-0.15, -0.1) is 0 Å². The van der Waals surface area contributed by atoms with Gasteiger partial charge < -0.3 is 14.8 Å². The number of methoxy groups -OCH3 is 2. The van der Waals surface area contributed by atoms with E-state index in [2.05, 4.69) is 10.6 Å². The van der Waals surface area contributed by atoms with Crippen LogP contribution in [-0.4, -0.2) is 26.2 Å². The second kappa shape index (κ2) is 8.74. The predicted molar refractivity (Wildman–Crippen MR) is 101 cm³/mol. The summed E-state index contributed by atoms with van der Waals surface area (Å²) < 4.78 is 10.6. The number of halogens is 1. The summed E-state index contributed by atoms with van der Waals surface area (Å²) in [7, 11) is 3.18. The number of hydrogen-bond acceptors (Lipinski definition) is 4. The molecule has 6 heteroatoms. The molecular weight excluding hydrogens is 340 g/mol. The highest BCUT2D eigenvalue weighted by atomic mass is 35.5. The number of amides is 1. The van der Waals surface area contributed by atoms with Crippen LogP contribution >= 0.6 is 11.6 Å². The molecule has 2 N–H and O–H groups in total. The molecule has 2 aromatic rings. The number of para-hydroxylation sites is 1. The molecule has 1 amide bonds. The van der Waals surface area contributed by atoms with Crippen LogP contribution in [0.3, 0.4) is 0 Å². The Kier molecular flexibility index (Phi) is 6.67. The zero-order valence-corrected chi connectivity index (χ0v) is 15.6. The molecule has 0 heterocycles. The molecule has 0 radical (unpaired) electrons. The second-order valence-corrected chi connectivity index (χ2v) is 6.12. The summed E-state index contributed by atoms with van der Waals surface area (Å²) in [6.07, 6.45) is 0. The molecule has 2 rings (SSSR count). The molecule has 0 aliphatic carbocycles. The molecule has 0 fully saturated rings. The van der Waals surface area contributed by atoms with Crippen LogP contribution in [0.5, 0.6) is 11.5 Å². The summed E-state index contributed by atoms with van der Waals surface area (Å²) in [4.78, 5) is 12.5. The van der Waals surface area contributed by atoms with Gasteiger partial charge in [-0.25, -0.2) is 0 Å². The molecule has 0 aliphatic rings. The zero-order chi connectivity index (χ0) is 18.4. The van der Waals surface area contributed by atoms with E-state index >= 15 is 0 Å². The van der Waals surface area contributed by atoms with Gasteiger partial charge in [0.15, 0.2) is 0 Å². The van der Waals surface area contributed by atoms with E-state index in [9.17, 15) is 4.79 Å². The number of rotatable bonds is 7. The number of anilines is 1. The molecule has 2 aromatic carbocycles. The number of carbonyl (C=O) groups is 1. The molecule has 0 saturated heterocycles. The molecule has 0 aromatic heterocycles. The lowest BCUT2D eigenvalue weighted by Crippen LogP contribution is -2.39. The van der Waals surface area contributed by atoms with Crippen LogP contribution in [0.1, 0.15) is 25.5 Å². The highest BCUT2D eigenvalue weighted by Gasteiger charge is 2.19. The molecule has 5 nitrogen and oxygen atoms in total. The van der Waals surface area contributed by atoms with E-state index in [-0.39, 0.29) is 11.9 Å². The fraction of sp³-hybridized carbons (Fsp3) is 0.316. The minimum Gasteiger partial charge on any atom is -0.496 e. The van der Waals surface area contributed by atoms with Gasteiger partial charge >= 0.3 is 0 Å². The van der Waals surface area contributed by atoms with Crippen LogP contribution in [0.15, 0.2) is 42.5 Å². The first kappa shape index (κ1) is 19.1. The van der Waals surface area contributed by atoms with Crippen molar-refractivity contribution in [2.24, 2.45) is 0 Å². The van der Waals surface area contributed by atoms with Gasteiger partial charge in [-0.2, -0.15) is 0 Å². The largest absolute Gasteiger partial charge is 0.496 e. The number of hydrogen-bond donors (Lipinski definition) is 2. The zero-order valence-electron chi connectivity index (χ0n) is 14.8. The maximum Gasteiger partial charge on any atom is 0.241 e. The normalized spacial score (nSPS) is 13.0. The van der Waals surface area contributed by atoms with Crippen LogP contribution in [-0.2, 0) is 4.79 Å². The Morgan fingerprint density at radius 2 is 1.72 bits per heavy atom. The van der Waals surface area contributed by atoms with E-state index in [1.54, 1.807) is 39.3 Å². The van der Waals surface area contributed by atoms with Crippen LogP contribution in [0.25, 0.3) is 0 Å². The van der Waals surface area contributed by atoms with E-state index in [0.29, 0.717) is 16.5 Å². The first-order valence-corrected chi connectivity index (χ1v) is 8.37. The topological polar surface area (TPSA) is 59.6 Å². The van der Waals surface area contributed by atoms with Gasteiger partial charge in [0.1, 0.15) is 11.5 Å². The molecule has 0 unspecified atom stereocenters. The lowest BCUT2D eigenvalue weighted by atomic mass is 10.1. The van der Waals surface area contributed by atoms with Gasteiger partial charge in [-0.3, -0.25) is 10.1 Å². The Balaban J connectivity index is 2.06. The van der Waals surface area contributed by atoms with E-state index in [1.165, 1.54) is 0 Å². The fourth-order valence-corrected chi connectivity index (χ4v) is 2.76. The first-order chi connectivity index (χ1) is 12.0. The first-order valence-electron chi connectivity index (χ1n) is 7.99. The van der Waals surface area contributed by atoms with Crippen molar-refractivity contribution in [3.8, 4) is 11.5 Å². The maximum atomic E-state index is 12.5. The van der Waals surface area contributed by atoms with E-state index < -0.39 is 6.04 Å². The Morgan fingerprint density at radius 3 is 2.40 bits per heavy atom. The van der Waals surface area contributed by atoms with Crippen molar-refractivity contribution in [2.75, 3.05) is 19.5 Å². The van der Waals surface area contributed by atoms with Crippen molar-refractivity contribution in [3.05, 3.63) is 53.1 Å². The third-order valence-electron chi connectivity index (χ3n) is 3.92. The minimum atomic E-state index is -0.427. The van der Waals surface area contributed by atoms with Gasteiger partial charge in [0.25, 0.3) is 0 Å². The average molecular weight is 363 g/mol. The molecule has 0 saturated carbocycles. The molecule has 134 valence electrons. The second-order valence-electron chi connectivity index (χ2n) is 5.69. The van der Waals surface area contributed by atoms with Crippen LogP contribution < -0.4 is 20.1 Å². The highest BCUT2D eigenvalue weighted by Crippen LogP contribution is 2.28. The molecule has 0 aliphatic heterocycles.